The summed E-state index contributed by atoms with van der Waals surface area (Å²) in [5.74, 6) is 0. The molecule has 0 bridgehead atoms. The Bertz CT molecular complexity index is 139. The summed E-state index contributed by atoms with van der Waals surface area (Å²) in [7, 11) is -1.11. The van der Waals surface area contributed by atoms with Gasteiger partial charge in [-0.2, -0.15) is 0 Å². The van der Waals surface area contributed by atoms with Gasteiger partial charge in [-0.15, -0.1) is 0 Å². The third-order valence-corrected chi connectivity index (χ3v) is 0.400. The lowest BCUT2D eigenvalue weighted by Gasteiger charge is -2.02. The topological polar surface area (TPSA) is 64.7 Å². The van der Waals surface area contributed by atoms with Crippen molar-refractivity contribution in [2.75, 3.05) is 0 Å². The molecule has 0 unspecified atom stereocenters. The van der Waals surface area contributed by atoms with Crippen molar-refractivity contribution >= 4 is 8.24 Å². The Balaban J connectivity index is 0.000000187. The lowest BCUT2D eigenvalue weighted by Crippen LogP contribution is -2.32. The van der Waals surface area contributed by atoms with E-state index in [2.05, 4.69) is 34.6 Å². The van der Waals surface area contributed by atoms with Crippen LogP contribution >= 0.6 is 0 Å². The summed E-state index contributed by atoms with van der Waals surface area (Å²) in [4.78, 5) is 10.7. The zero-order valence-electron chi connectivity index (χ0n) is 7.15. The smallest absolute Gasteiger partial charge is 0.119 e. The first-order valence-corrected chi connectivity index (χ1v) is 6.92. The fourth-order valence-corrected chi connectivity index (χ4v) is 0.205. The van der Waals surface area contributed by atoms with Gasteiger partial charge < -0.3 is 5.40 Å². The predicted molar refractivity (Wildman–Crippen MR) is 47.4 cm³/mol. The first-order valence-electron chi connectivity index (χ1n) is 3.34. The highest BCUT2D eigenvalue weighted by Crippen LogP contribution is 1.83. The molecule has 0 atom stereocenters. The first-order chi connectivity index (χ1) is 5.00. The molecule has 0 aliphatic carbocycles. The molecule has 0 aliphatic heterocycles. The van der Waals surface area contributed by atoms with E-state index in [0.717, 1.165) is 0 Å². The number of aromatic nitrogens is 3. The molecular formula is C6H14N4Si. The molecule has 0 saturated carbocycles. The van der Waals surface area contributed by atoms with Crippen LogP contribution in [-0.4, -0.2) is 23.2 Å². The van der Waals surface area contributed by atoms with Crippen LogP contribution in [0.25, 0.3) is 0 Å². The number of hydrogen-bond donors (Lipinski definition) is 1. The maximum atomic E-state index is 5.49. The minimum atomic E-state index is -1.11. The molecule has 4 nitrogen and oxygen atoms in total. The highest BCUT2D eigenvalue weighted by atomic mass is 28.3. The molecule has 0 fully saturated rings. The Morgan fingerprint density at radius 2 is 1.09 bits per heavy atom. The Morgan fingerprint density at radius 3 is 1.18 bits per heavy atom. The molecule has 1 heterocycles. The van der Waals surface area contributed by atoms with Gasteiger partial charge in [-0.1, -0.05) is 19.6 Å². The van der Waals surface area contributed by atoms with Gasteiger partial charge in [0.05, 0.1) is 0 Å². The van der Waals surface area contributed by atoms with Crippen molar-refractivity contribution in [3.63, 3.8) is 0 Å². The minimum Gasteiger partial charge on any atom is -0.351 e. The summed E-state index contributed by atoms with van der Waals surface area (Å²) in [5.41, 5.74) is 0. The quantitative estimate of drug-likeness (QED) is 0.581. The molecule has 1 aromatic rings. The summed E-state index contributed by atoms with van der Waals surface area (Å²) < 4.78 is 0. The molecule has 0 spiro atoms. The third-order valence-electron chi connectivity index (χ3n) is 0.400. The van der Waals surface area contributed by atoms with Gasteiger partial charge in [0, 0.05) is 0 Å². The van der Waals surface area contributed by atoms with Gasteiger partial charge in [0.15, 0.2) is 0 Å². The zero-order chi connectivity index (χ0) is 8.74. The lowest BCUT2D eigenvalue weighted by molar-refractivity contribution is 1.05. The largest absolute Gasteiger partial charge is 0.351 e. The fourth-order valence-electron chi connectivity index (χ4n) is 0.205. The summed E-state index contributed by atoms with van der Waals surface area (Å²) in [6.07, 6.45) is 4.31. The van der Waals surface area contributed by atoms with Crippen LogP contribution in [-0.2, 0) is 0 Å². The summed E-state index contributed by atoms with van der Waals surface area (Å²) in [5, 5.41) is 5.49. The van der Waals surface area contributed by atoms with E-state index in [9.17, 15) is 0 Å². The molecular weight excluding hydrogens is 156 g/mol. The first kappa shape index (κ1) is 10.2. The molecule has 0 saturated heterocycles. The minimum absolute atomic E-state index is 1.11. The molecule has 62 valence electrons. The second-order valence-electron chi connectivity index (χ2n) is 3.16. The average molecular weight is 170 g/mol. The van der Waals surface area contributed by atoms with Gasteiger partial charge in [0.25, 0.3) is 0 Å². The van der Waals surface area contributed by atoms with E-state index in [1.807, 2.05) is 0 Å². The standard InChI is InChI=1S/C3H3N3.C3H11NSi/c1-4-2-6-3-5-1;1-5(2,3)4/h1-3H;4H2,1-3H3. The van der Waals surface area contributed by atoms with Crippen LogP contribution in [0.5, 0.6) is 0 Å². The maximum Gasteiger partial charge on any atom is 0.119 e. The fraction of sp³-hybridized carbons (Fsp3) is 0.500. The number of nitrogens with two attached hydrogens (primary N) is 1. The molecule has 11 heavy (non-hydrogen) atoms. The lowest BCUT2D eigenvalue weighted by atomic mass is 11.1. The average Bonchev–Trinajstić information content (AvgIpc) is 1.88. The van der Waals surface area contributed by atoms with E-state index in [-0.39, 0.29) is 0 Å². The second-order valence-corrected chi connectivity index (χ2v) is 7.89. The van der Waals surface area contributed by atoms with E-state index in [4.69, 9.17) is 5.40 Å². The van der Waals surface area contributed by atoms with Crippen molar-refractivity contribution in [3.8, 4) is 0 Å². The summed E-state index contributed by atoms with van der Waals surface area (Å²) in [6, 6.07) is 0. The van der Waals surface area contributed by atoms with Crippen molar-refractivity contribution < 1.29 is 0 Å². The predicted octanol–water partition coefficient (Wildman–Crippen LogP) is 0.652. The van der Waals surface area contributed by atoms with Crippen molar-refractivity contribution in [2.24, 2.45) is 5.40 Å². The Hall–Kier alpha value is -0.813. The van der Waals surface area contributed by atoms with Crippen LogP contribution in [0, 0.1) is 0 Å². The molecule has 1 aromatic heterocycles. The zero-order valence-corrected chi connectivity index (χ0v) is 8.15. The Morgan fingerprint density at radius 1 is 0.909 bits per heavy atom. The maximum absolute atomic E-state index is 5.49. The van der Waals surface area contributed by atoms with Crippen molar-refractivity contribution in [1.82, 2.24) is 15.0 Å². The van der Waals surface area contributed by atoms with Crippen LogP contribution in [0.3, 0.4) is 0 Å². The Labute approximate surface area is 68.0 Å². The van der Waals surface area contributed by atoms with Crippen LogP contribution < -0.4 is 5.40 Å². The highest BCUT2D eigenvalue weighted by Gasteiger charge is 2.00. The van der Waals surface area contributed by atoms with E-state index in [1.54, 1.807) is 0 Å². The Kier molecular flexibility index (Phi) is 4.56. The van der Waals surface area contributed by atoms with Crippen LogP contribution in [0.2, 0.25) is 19.6 Å². The number of rotatable bonds is 0. The SMILES string of the molecule is C[Si](C)(C)N.c1ncncn1. The molecule has 0 aliphatic rings. The number of nitrogens with zero attached hydrogens (tertiary/aromatic N) is 3. The van der Waals surface area contributed by atoms with Crippen molar-refractivity contribution in [3.05, 3.63) is 19.0 Å². The molecule has 5 heteroatoms. The van der Waals surface area contributed by atoms with Gasteiger partial charge in [-0.3, -0.25) is 0 Å². The normalized spacial score (nSPS) is 9.82. The van der Waals surface area contributed by atoms with Crippen LogP contribution in [0.15, 0.2) is 19.0 Å². The van der Waals surface area contributed by atoms with Crippen molar-refractivity contribution in [1.29, 1.82) is 0 Å². The van der Waals surface area contributed by atoms with Gasteiger partial charge in [-0.05, 0) is 0 Å². The van der Waals surface area contributed by atoms with E-state index >= 15 is 0 Å². The van der Waals surface area contributed by atoms with Crippen LogP contribution in [0.1, 0.15) is 0 Å². The third kappa shape index (κ3) is 17.6. The molecule has 0 aromatic carbocycles. The highest BCUT2D eigenvalue weighted by molar-refractivity contribution is 6.72. The van der Waals surface area contributed by atoms with E-state index < -0.39 is 8.24 Å². The van der Waals surface area contributed by atoms with Gasteiger partial charge in [0.1, 0.15) is 27.2 Å². The summed E-state index contributed by atoms with van der Waals surface area (Å²) >= 11 is 0. The second kappa shape index (κ2) is 4.92. The van der Waals surface area contributed by atoms with Crippen molar-refractivity contribution in [2.45, 2.75) is 19.6 Å². The molecule has 0 amide bonds. The van der Waals surface area contributed by atoms with Gasteiger partial charge >= 0.3 is 0 Å². The van der Waals surface area contributed by atoms with E-state index in [0.29, 0.717) is 0 Å². The number of hydrogen-bond acceptors (Lipinski definition) is 4. The van der Waals surface area contributed by atoms with E-state index in [1.165, 1.54) is 19.0 Å². The van der Waals surface area contributed by atoms with Gasteiger partial charge in [0.2, 0.25) is 0 Å². The summed E-state index contributed by atoms with van der Waals surface area (Å²) in [6.45, 7) is 6.31. The molecule has 0 radical (unpaired) electrons. The monoisotopic (exact) mass is 170 g/mol. The molecule has 1 rings (SSSR count). The van der Waals surface area contributed by atoms with Crippen LogP contribution in [0.4, 0.5) is 0 Å². The van der Waals surface area contributed by atoms with Gasteiger partial charge in [-0.25, -0.2) is 15.0 Å². The molecule has 2 N–H and O–H groups in total.